The molecule has 3 rings (SSSR count). The van der Waals surface area contributed by atoms with E-state index in [-0.39, 0.29) is 5.70 Å². The molecule has 0 aromatic heterocycles. The molecule has 0 amide bonds. The van der Waals surface area contributed by atoms with Crippen LogP contribution in [0.1, 0.15) is 11.1 Å². The van der Waals surface area contributed by atoms with Gasteiger partial charge in [0.15, 0.2) is 5.70 Å². The summed E-state index contributed by atoms with van der Waals surface area (Å²) < 4.78 is 11.7. The van der Waals surface area contributed by atoms with E-state index >= 15 is 0 Å². The highest BCUT2D eigenvalue weighted by Crippen LogP contribution is 2.21. The van der Waals surface area contributed by atoms with Crippen molar-refractivity contribution < 1.29 is 14.3 Å². The molecule has 0 N–H and O–H groups in total. The Kier molecular flexibility index (Phi) is 5.10. The third-order valence-corrected chi connectivity index (χ3v) is 3.91. The van der Waals surface area contributed by atoms with E-state index < -0.39 is 5.97 Å². The second kappa shape index (κ2) is 7.44. The minimum absolute atomic E-state index is 0.281. The number of aliphatic imine (C=N–C) groups is 1. The van der Waals surface area contributed by atoms with Crippen LogP contribution in [0.15, 0.2) is 71.9 Å². The highest BCUT2D eigenvalue weighted by Gasteiger charge is 2.24. The number of carbonyl (C=O) groups is 1. The fourth-order valence-electron chi connectivity index (χ4n) is 2.13. The van der Waals surface area contributed by atoms with Crippen LogP contribution >= 0.6 is 22.6 Å². The van der Waals surface area contributed by atoms with Gasteiger partial charge in [0.25, 0.3) is 0 Å². The number of nitrogens with zero attached hydrogens (tertiary/aromatic N) is 1. The lowest BCUT2D eigenvalue weighted by atomic mass is 10.2. The summed E-state index contributed by atoms with van der Waals surface area (Å²) in [5, 5.41) is 0. The first-order chi connectivity index (χ1) is 11.7. The number of carbonyl (C=O) groups excluding carboxylic acids is 1. The van der Waals surface area contributed by atoms with E-state index in [1.54, 1.807) is 12.2 Å². The van der Waals surface area contributed by atoms with Gasteiger partial charge in [0.2, 0.25) is 5.90 Å². The Hall–Kier alpha value is -2.41. The molecule has 4 nitrogen and oxygen atoms in total. The summed E-state index contributed by atoms with van der Waals surface area (Å²) in [5.74, 6) is 0.626. The zero-order valence-electron chi connectivity index (χ0n) is 12.7. The van der Waals surface area contributed by atoms with Gasteiger partial charge >= 0.3 is 5.97 Å². The van der Waals surface area contributed by atoms with Crippen LogP contribution in [0, 0.1) is 3.57 Å². The summed E-state index contributed by atoms with van der Waals surface area (Å²) in [6.45, 7) is 4.06. The highest BCUT2D eigenvalue weighted by molar-refractivity contribution is 14.1. The van der Waals surface area contributed by atoms with Gasteiger partial charge in [-0.3, -0.25) is 0 Å². The van der Waals surface area contributed by atoms with Crippen molar-refractivity contribution in [2.75, 3.05) is 6.61 Å². The molecule has 1 heterocycles. The monoisotopic (exact) mass is 431 g/mol. The number of ether oxygens (including phenoxy) is 2. The zero-order chi connectivity index (χ0) is 16.9. The number of hydrogen-bond acceptors (Lipinski definition) is 4. The largest absolute Gasteiger partial charge is 0.490 e. The van der Waals surface area contributed by atoms with E-state index in [1.807, 2.05) is 48.5 Å². The smallest absolute Gasteiger partial charge is 0.363 e. The van der Waals surface area contributed by atoms with Crippen LogP contribution in [0.3, 0.4) is 0 Å². The minimum Gasteiger partial charge on any atom is -0.490 e. The first kappa shape index (κ1) is 16.4. The standard InChI is InChI=1S/C19H14INO3/c1-2-10-23-16-8-6-13(7-9-16)11-17-19(22)24-18(21-17)14-4-3-5-15(20)12-14/h2-9,11-12H,1,10H2/b17-11+. The van der Waals surface area contributed by atoms with Crippen molar-refractivity contribution in [3.05, 3.63) is 81.6 Å². The number of halogens is 1. The fraction of sp³-hybridized carbons (Fsp3) is 0.0526. The van der Waals surface area contributed by atoms with Gasteiger partial charge in [-0.1, -0.05) is 30.9 Å². The maximum Gasteiger partial charge on any atom is 0.363 e. The maximum atomic E-state index is 12.0. The zero-order valence-corrected chi connectivity index (χ0v) is 14.9. The molecule has 0 atom stereocenters. The Morgan fingerprint density at radius 1 is 1.21 bits per heavy atom. The number of benzene rings is 2. The lowest BCUT2D eigenvalue weighted by Crippen LogP contribution is -2.05. The van der Waals surface area contributed by atoms with Crippen molar-refractivity contribution in [1.82, 2.24) is 0 Å². The molecule has 120 valence electrons. The third kappa shape index (κ3) is 3.91. The summed E-state index contributed by atoms with van der Waals surface area (Å²) in [6, 6.07) is 15.0. The normalized spacial score (nSPS) is 15.1. The molecule has 2 aromatic carbocycles. The molecule has 24 heavy (non-hydrogen) atoms. The van der Waals surface area contributed by atoms with Crippen LogP contribution < -0.4 is 4.74 Å². The molecule has 0 bridgehead atoms. The van der Waals surface area contributed by atoms with E-state index in [4.69, 9.17) is 9.47 Å². The molecular formula is C19H14INO3. The van der Waals surface area contributed by atoms with Crippen molar-refractivity contribution in [3.8, 4) is 5.75 Å². The molecule has 0 saturated carbocycles. The van der Waals surface area contributed by atoms with Gasteiger partial charge in [0.05, 0.1) is 0 Å². The molecule has 5 heteroatoms. The molecule has 0 unspecified atom stereocenters. The number of esters is 1. The lowest BCUT2D eigenvalue weighted by molar-refractivity contribution is -0.129. The maximum absolute atomic E-state index is 12.0. The topological polar surface area (TPSA) is 47.9 Å². The van der Waals surface area contributed by atoms with Crippen molar-refractivity contribution in [2.24, 2.45) is 4.99 Å². The Labute approximate surface area is 153 Å². The summed E-state index contributed by atoms with van der Waals surface area (Å²) in [7, 11) is 0. The van der Waals surface area contributed by atoms with Gasteiger partial charge in [-0.05, 0) is 64.6 Å². The molecular weight excluding hydrogens is 417 g/mol. The molecule has 0 saturated heterocycles. The van der Waals surface area contributed by atoms with Gasteiger partial charge in [0.1, 0.15) is 12.4 Å². The van der Waals surface area contributed by atoms with Crippen molar-refractivity contribution >= 4 is 40.5 Å². The molecule has 0 aliphatic carbocycles. The first-order valence-electron chi connectivity index (χ1n) is 7.28. The second-order valence-corrected chi connectivity index (χ2v) is 6.26. The van der Waals surface area contributed by atoms with Crippen LogP contribution in [-0.4, -0.2) is 18.5 Å². The van der Waals surface area contributed by atoms with E-state index in [1.165, 1.54) is 0 Å². The Bertz CT molecular complexity index is 838. The number of hydrogen-bond donors (Lipinski definition) is 0. The predicted molar refractivity (Wildman–Crippen MR) is 102 cm³/mol. The Morgan fingerprint density at radius 3 is 2.71 bits per heavy atom. The van der Waals surface area contributed by atoms with Crippen LogP contribution in [0.4, 0.5) is 0 Å². The van der Waals surface area contributed by atoms with Gasteiger partial charge in [-0.15, -0.1) is 0 Å². The van der Waals surface area contributed by atoms with Gasteiger partial charge in [0, 0.05) is 9.13 Å². The van der Waals surface area contributed by atoms with E-state index in [2.05, 4.69) is 34.2 Å². The summed E-state index contributed by atoms with van der Waals surface area (Å²) in [5.41, 5.74) is 1.91. The Balaban J connectivity index is 1.82. The van der Waals surface area contributed by atoms with Crippen LogP contribution in [0.5, 0.6) is 5.75 Å². The number of rotatable bonds is 5. The Morgan fingerprint density at radius 2 is 2.00 bits per heavy atom. The van der Waals surface area contributed by atoms with Crippen molar-refractivity contribution in [2.45, 2.75) is 0 Å². The molecule has 1 aliphatic heterocycles. The highest BCUT2D eigenvalue weighted by atomic mass is 127. The van der Waals surface area contributed by atoms with Crippen molar-refractivity contribution in [1.29, 1.82) is 0 Å². The van der Waals surface area contributed by atoms with Crippen LogP contribution in [-0.2, 0) is 9.53 Å². The van der Waals surface area contributed by atoms with Gasteiger partial charge in [-0.2, -0.15) is 0 Å². The summed E-state index contributed by atoms with van der Waals surface area (Å²) in [6.07, 6.45) is 3.38. The number of cyclic esters (lactones) is 1. The predicted octanol–water partition coefficient (Wildman–Crippen LogP) is 4.20. The third-order valence-electron chi connectivity index (χ3n) is 3.24. The first-order valence-corrected chi connectivity index (χ1v) is 8.36. The lowest BCUT2D eigenvalue weighted by Gasteiger charge is -2.02. The second-order valence-electron chi connectivity index (χ2n) is 5.02. The van der Waals surface area contributed by atoms with Gasteiger partial charge in [-0.25, -0.2) is 9.79 Å². The summed E-state index contributed by atoms with van der Waals surface area (Å²) in [4.78, 5) is 16.3. The average molecular weight is 431 g/mol. The van der Waals surface area contributed by atoms with Crippen LogP contribution in [0.2, 0.25) is 0 Å². The summed E-state index contributed by atoms with van der Waals surface area (Å²) >= 11 is 2.21. The fourth-order valence-corrected chi connectivity index (χ4v) is 2.67. The SMILES string of the molecule is C=CCOc1ccc(/C=C2/N=C(c3cccc(I)c3)OC2=O)cc1. The quantitative estimate of drug-likeness (QED) is 0.309. The van der Waals surface area contributed by atoms with E-state index in [0.717, 1.165) is 20.4 Å². The molecule has 1 aliphatic rings. The minimum atomic E-state index is -0.448. The van der Waals surface area contributed by atoms with Crippen molar-refractivity contribution in [3.63, 3.8) is 0 Å². The van der Waals surface area contributed by atoms with E-state index in [9.17, 15) is 4.79 Å². The molecule has 2 aromatic rings. The molecule has 0 radical (unpaired) electrons. The molecule has 0 spiro atoms. The molecule has 0 fully saturated rings. The van der Waals surface area contributed by atoms with Gasteiger partial charge < -0.3 is 9.47 Å². The van der Waals surface area contributed by atoms with Crippen LogP contribution in [0.25, 0.3) is 6.08 Å². The van der Waals surface area contributed by atoms with E-state index in [0.29, 0.717) is 12.5 Å². The average Bonchev–Trinajstić information content (AvgIpc) is 2.95.